The molecule has 1 aliphatic heterocycles. The predicted molar refractivity (Wildman–Crippen MR) is 103 cm³/mol. The molecule has 0 aliphatic carbocycles. The number of carbonyl (C=O) groups is 2. The van der Waals surface area contributed by atoms with Crippen LogP contribution < -0.4 is 4.90 Å². The van der Waals surface area contributed by atoms with Crippen LogP contribution in [-0.4, -0.2) is 26.9 Å². The molecule has 0 bridgehead atoms. The molecule has 3 aromatic rings. The number of aryl methyl sites for hydroxylation is 1. The van der Waals surface area contributed by atoms with Crippen molar-refractivity contribution in [1.82, 2.24) is 5.16 Å². The maximum absolute atomic E-state index is 13.1. The van der Waals surface area contributed by atoms with E-state index in [9.17, 15) is 24.8 Å². The summed E-state index contributed by atoms with van der Waals surface area (Å²) in [6.45, 7) is 1.64. The van der Waals surface area contributed by atoms with E-state index in [0.29, 0.717) is 16.2 Å². The Bertz CT molecular complexity index is 1150. The minimum Gasteiger partial charge on any atom is -0.503 e. The first-order valence-electron chi connectivity index (χ1n) is 8.41. The van der Waals surface area contributed by atoms with Crippen molar-refractivity contribution in [2.24, 2.45) is 0 Å². The van der Waals surface area contributed by atoms with Gasteiger partial charge < -0.3 is 9.63 Å². The summed E-state index contributed by atoms with van der Waals surface area (Å²) in [5.74, 6) is -1.44. The molecule has 1 unspecified atom stereocenters. The highest BCUT2D eigenvalue weighted by molar-refractivity contribution is 7.12. The number of ketones is 1. The number of aromatic nitrogens is 1. The zero-order valence-electron chi connectivity index (χ0n) is 14.9. The van der Waals surface area contributed by atoms with E-state index in [2.05, 4.69) is 5.16 Å². The van der Waals surface area contributed by atoms with Crippen molar-refractivity contribution in [2.45, 2.75) is 13.0 Å². The lowest BCUT2D eigenvalue weighted by Crippen LogP contribution is -2.31. The molecule has 0 spiro atoms. The fourth-order valence-corrected chi connectivity index (χ4v) is 3.85. The van der Waals surface area contributed by atoms with Crippen LogP contribution in [0.1, 0.15) is 27.0 Å². The predicted octanol–water partition coefficient (Wildman–Crippen LogP) is 3.74. The minimum atomic E-state index is -1.01. The number of hydrogen-bond donors (Lipinski definition) is 1. The van der Waals surface area contributed by atoms with Crippen LogP contribution >= 0.6 is 11.3 Å². The van der Waals surface area contributed by atoms with Crippen LogP contribution in [0.3, 0.4) is 0 Å². The van der Waals surface area contributed by atoms with E-state index in [1.807, 2.05) is 0 Å². The first-order chi connectivity index (χ1) is 13.9. The molecule has 9 nitrogen and oxygen atoms in total. The molecule has 1 amide bonds. The van der Waals surface area contributed by atoms with E-state index >= 15 is 0 Å². The van der Waals surface area contributed by atoms with Crippen molar-refractivity contribution in [2.75, 3.05) is 4.90 Å². The molecule has 10 heteroatoms. The number of carbonyl (C=O) groups excluding carboxylic acids is 2. The molecule has 3 heterocycles. The standard InChI is InChI=1S/C19H13N3O6S/c1-10-9-14(20-28-10)21-16(11-4-6-12(7-5-11)22(26)27)15(18(24)19(21)25)17(23)13-3-2-8-29-13/h2-9,16,24H,1H3. The fraction of sp³-hybridized carbons (Fsp3) is 0.105. The van der Waals surface area contributed by atoms with E-state index in [0.717, 1.165) is 4.90 Å². The van der Waals surface area contributed by atoms with E-state index in [-0.39, 0.29) is 17.1 Å². The Balaban J connectivity index is 1.86. The van der Waals surface area contributed by atoms with Crippen LogP contribution in [0.4, 0.5) is 11.5 Å². The largest absolute Gasteiger partial charge is 0.503 e. The number of hydrogen-bond acceptors (Lipinski definition) is 8. The van der Waals surface area contributed by atoms with Crippen LogP contribution in [0.15, 0.2) is 63.7 Å². The summed E-state index contributed by atoms with van der Waals surface area (Å²) >= 11 is 1.18. The summed E-state index contributed by atoms with van der Waals surface area (Å²) in [6.07, 6.45) is 0. The van der Waals surface area contributed by atoms with Gasteiger partial charge in [-0.25, -0.2) is 0 Å². The molecule has 0 radical (unpaired) electrons. The lowest BCUT2D eigenvalue weighted by molar-refractivity contribution is -0.384. The Hall–Kier alpha value is -3.79. The topological polar surface area (TPSA) is 127 Å². The zero-order valence-corrected chi connectivity index (χ0v) is 15.8. The number of amides is 1. The third-order valence-electron chi connectivity index (χ3n) is 4.48. The van der Waals surface area contributed by atoms with Crippen molar-refractivity contribution >= 4 is 34.5 Å². The molecule has 0 fully saturated rings. The van der Waals surface area contributed by atoms with Crippen LogP contribution in [0.2, 0.25) is 0 Å². The van der Waals surface area contributed by atoms with Gasteiger partial charge in [-0.15, -0.1) is 11.3 Å². The molecule has 0 saturated heterocycles. The monoisotopic (exact) mass is 411 g/mol. The molecule has 146 valence electrons. The fourth-order valence-electron chi connectivity index (χ4n) is 3.17. The maximum Gasteiger partial charge on any atom is 0.295 e. The molecule has 2 aromatic heterocycles. The summed E-state index contributed by atoms with van der Waals surface area (Å²) in [4.78, 5) is 37.8. The number of nitro groups is 1. The van der Waals surface area contributed by atoms with Crippen LogP contribution in [-0.2, 0) is 4.79 Å². The summed E-state index contributed by atoms with van der Waals surface area (Å²) in [5.41, 5.74) is 0.154. The lowest BCUT2D eigenvalue weighted by atomic mass is 9.95. The number of nitro benzene ring substituents is 1. The number of aliphatic hydroxyl groups excluding tert-OH is 1. The number of thiophene rings is 1. The van der Waals surface area contributed by atoms with Gasteiger partial charge in [0.05, 0.1) is 21.4 Å². The molecule has 0 saturated carbocycles. The third-order valence-corrected chi connectivity index (χ3v) is 5.35. The van der Waals surface area contributed by atoms with Gasteiger partial charge in [0.2, 0.25) is 5.78 Å². The molecule has 29 heavy (non-hydrogen) atoms. The zero-order chi connectivity index (χ0) is 20.7. The molecule has 4 rings (SSSR count). The molecule has 1 N–H and O–H groups in total. The minimum absolute atomic E-state index is 0.119. The van der Waals surface area contributed by atoms with Gasteiger partial charge in [0.15, 0.2) is 11.6 Å². The van der Waals surface area contributed by atoms with Crippen LogP contribution in [0, 0.1) is 17.0 Å². The van der Waals surface area contributed by atoms with E-state index in [1.165, 1.54) is 41.7 Å². The van der Waals surface area contributed by atoms with E-state index in [1.54, 1.807) is 24.4 Å². The molecular weight excluding hydrogens is 398 g/mol. The van der Waals surface area contributed by atoms with E-state index < -0.39 is 28.4 Å². The van der Waals surface area contributed by atoms with Crippen LogP contribution in [0.5, 0.6) is 0 Å². The van der Waals surface area contributed by atoms with Gasteiger partial charge in [0.1, 0.15) is 5.76 Å². The average Bonchev–Trinajstić information content (AvgIpc) is 3.43. The van der Waals surface area contributed by atoms with Crippen LogP contribution in [0.25, 0.3) is 0 Å². The second-order valence-electron chi connectivity index (χ2n) is 6.29. The highest BCUT2D eigenvalue weighted by atomic mass is 32.1. The number of benzene rings is 1. The number of aliphatic hydroxyl groups is 1. The Morgan fingerprint density at radius 1 is 1.31 bits per heavy atom. The van der Waals surface area contributed by atoms with Crippen molar-refractivity contribution in [3.8, 4) is 0 Å². The molecule has 1 aromatic carbocycles. The highest BCUT2D eigenvalue weighted by Crippen LogP contribution is 2.42. The second-order valence-corrected chi connectivity index (χ2v) is 7.24. The number of nitrogens with zero attached hydrogens (tertiary/aromatic N) is 3. The van der Waals surface area contributed by atoms with Crippen molar-refractivity contribution in [1.29, 1.82) is 0 Å². The van der Waals surface area contributed by atoms with Gasteiger partial charge in [0.25, 0.3) is 11.6 Å². The normalized spacial score (nSPS) is 16.5. The van der Waals surface area contributed by atoms with Gasteiger partial charge in [-0.05, 0) is 36.1 Å². The SMILES string of the molecule is Cc1cc(N2C(=O)C(O)=C(C(=O)c3cccs3)C2c2ccc([N+](=O)[O-])cc2)no1. The summed E-state index contributed by atoms with van der Waals surface area (Å²) < 4.78 is 5.05. The van der Waals surface area contributed by atoms with Gasteiger partial charge in [-0.1, -0.05) is 11.2 Å². The number of non-ortho nitro benzene ring substituents is 1. The highest BCUT2D eigenvalue weighted by Gasteiger charge is 2.46. The summed E-state index contributed by atoms with van der Waals surface area (Å²) in [6, 6.07) is 9.19. The van der Waals surface area contributed by atoms with Gasteiger partial charge >= 0.3 is 0 Å². The Kier molecular flexibility index (Phi) is 4.47. The third kappa shape index (κ3) is 3.09. The quantitative estimate of drug-likeness (QED) is 0.385. The summed E-state index contributed by atoms with van der Waals surface area (Å²) in [5, 5.41) is 27.1. The Morgan fingerprint density at radius 2 is 2.03 bits per heavy atom. The Labute approximate surface area is 167 Å². The summed E-state index contributed by atoms with van der Waals surface area (Å²) in [7, 11) is 0. The molecular formula is C19H13N3O6S. The molecule has 1 atom stereocenters. The van der Waals surface area contributed by atoms with E-state index in [4.69, 9.17) is 4.52 Å². The first kappa shape index (κ1) is 18.6. The van der Waals surface area contributed by atoms with Gasteiger partial charge in [0, 0.05) is 18.2 Å². The maximum atomic E-state index is 13.1. The van der Waals surface area contributed by atoms with Crippen molar-refractivity contribution in [3.63, 3.8) is 0 Å². The van der Waals surface area contributed by atoms with Gasteiger partial charge in [-0.3, -0.25) is 24.6 Å². The lowest BCUT2D eigenvalue weighted by Gasteiger charge is -2.24. The van der Waals surface area contributed by atoms with Gasteiger partial charge in [-0.2, -0.15) is 0 Å². The smallest absolute Gasteiger partial charge is 0.295 e. The molecule has 1 aliphatic rings. The van der Waals surface area contributed by atoms with Crippen molar-refractivity contribution < 1.29 is 24.1 Å². The number of anilines is 1. The second kappa shape index (κ2) is 6.99. The number of rotatable bonds is 5. The number of Topliss-reactive ketones (excluding diaryl/α,β-unsaturated/α-hetero) is 1. The Morgan fingerprint density at radius 3 is 2.59 bits per heavy atom. The average molecular weight is 411 g/mol. The first-order valence-corrected chi connectivity index (χ1v) is 9.29. The van der Waals surface area contributed by atoms with Crippen molar-refractivity contribution in [3.05, 3.63) is 85.5 Å².